The van der Waals surface area contributed by atoms with Gasteiger partial charge in [0.1, 0.15) is 42.1 Å². The van der Waals surface area contributed by atoms with Crippen LogP contribution in [-0.4, -0.2) is 64.7 Å². The molecule has 0 aliphatic carbocycles. The molecule has 3 rings (SSSR count). The van der Waals surface area contributed by atoms with Crippen LogP contribution >= 0.6 is 0 Å². The molecule has 0 heterocycles. The number of aromatic hydroxyl groups is 1. The Labute approximate surface area is 312 Å². The normalized spacial score (nSPS) is 13.6. The molecule has 5 N–H and O–H groups in total. The summed E-state index contributed by atoms with van der Waals surface area (Å²) in [6.45, 7) is 12.5. The van der Waals surface area contributed by atoms with Crippen LogP contribution in [0.2, 0.25) is 0 Å². The van der Waals surface area contributed by atoms with Crippen LogP contribution in [0.3, 0.4) is 0 Å². The number of phenolic OH excluding ortho intramolecular Hbond substituents is 1. The Hall–Kier alpha value is -5.39. The summed E-state index contributed by atoms with van der Waals surface area (Å²) >= 11 is 0. The van der Waals surface area contributed by atoms with Crippen molar-refractivity contribution in [2.24, 2.45) is 11.8 Å². The number of carbonyl (C=O) groups is 5. The maximum absolute atomic E-state index is 14.2. The first kappa shape index (κ1) is 42.0. The Bertz CT molecular complexity index is 1640. The summed E-state index contributed by atoms with van der Waals surface area (Å²) < 4.78 is 10.9. The first-order valence-corrected chi connectivity index (χ1v) is 17.9. The summed E-state index contributed by atoms with van der Waals surface area (Å²) in [5, 5.41) is 20.9. The number of rotatable bonds is 17. The smallest absolute Gasteiger partial charge is 0.408 e. The van der Waals surface area contributed by atoms with E-state index in [9.17, 15) is 29.1 Å². The zero-order valence-corrected chi connectivity index (χ0v) is 31.7. The fourth-order valence-electron chi connectivity index (χ4n) is 5.40. The largest absolute Gasteiger partial charge is 0.508 e. The second-order valence-corrected chi connectivity index (χ2v) is 14.8. The highest BCUT2D eigenvalue weighted by molar-refractivity contribution is 5.95. The van der Waals surface area contributed by atoms with Gasteiger partial charge in [0.15, 0.2) is 0 Å². The Morgan fingerprint density at radius 1 is 0.623 bits per heavy atom. The molecule has 0 unspecified atom stereocenters. The van der Waals surface area contributed by atoms with Crippen molar-refractivity contribution in [3.63, 3.8) is 0 Å². The first-order valence-electron chi connectivity index (χ1n) is 17.9. The maximum Gasteiger partial charge on any atom is 0.408 e. The van der Waals surface area contributed by atoms with E-state index in [1.807, 2.05) is 74.5 Å². The SMILES string of the molecule is CC(C)C[C@H](NC(=O)OC(C)(C)C)C(=O)N[C@@H](Cc1ccccc1)C(=O)N[C@@H](Cc1ccc(O)cc1)C(=O)N[C@H](C(=O)OCc1ccccc1)C(C)C. The van der Waals surface area contributed by atoms with Crippen molar-refractivity contribution in [1.82, 2.24) is 21.3 Å². The molecule has 0 fully saturated rings. The number of hydrogen-bond acceptors (Lipinski definition) is 8. The topological polar surface area (TPSA) is 172 Å². The van der Waals surface area contributed by atoms with Crippen molar-refractivity contribution in [1.29, 1.82) is 0 Å². The van der Waals surface area contributed by atoms with Gasteiger partial charge in [-0.2, -0.15) is 0 Å². The molecule has 0 aliphatic heterocycles. The number of alkyl carbamates (subject to hydrolysis) is 1. The molecule has 4 amide bonds. The zero-order valence-electron chi connectivity index (χ0n) is 31.7. The highest BCUT2D eigenvalue weighted by Crippen LogP contribution is 2.15. The Balaban J connectivity index is 1.88. The minimum atomic E-state index is -1.20. The van der Waals surface area contributed by atoms with Gasteiger partial charge in [0, 0.05) is 12.8 Å². The quantitative estimate of drug-likeness (QED) is 0.121. The highest BCUT2D eigenvalue weighted by atomic mass is 16.6. The van der Waals surface area contributed by atoms with Crippen LogP contribution in [0.1, 0.15) is 71.6 Å². The summed E-state index contributed by atoms with van der Waals surface area (Å²) in [4.78, 5) is 67.8. The number of carbonyl (C=O) groups excluding carboxylic acids is 5. The van der Waals surface area contributed by atoms with Crippen LogP contribution in [0.4, 0.5) is 4.79 Å². The molecule has 53 heavy (non-hydrogen) atoms. The van der Waals surface area contributed by atoms with E-state index in [1.165, 1.54) is 12.1 Å². The molecule has 4 atom stereocenters. The van der Waals surface area contributed by atoms with Crippen molar-refractivity contribution < 1.29 is 38.6 Å². The minimum Gasteiger partial charge on any atom is -0.508 e. The number of phenols is 1. The van der Waals surface area contributed by atoms with Gasteiger partial charge in [0.25, 0.3) is 0 Å². The summed E-state index contributed by atoms with van der Waals surface area (Å²) in [7, 11) is 0. The molecule has 12 nitrogen and oxygen atoms in total. The highest BCUT2D eigenvalue weighted by Gasteiger charge is 2.33. The Morgan fingerprint density at radius 3 is 1.58 bits per heavy atom. The lowest BCUT2D eigenvalue weighted by molar-refractivity contribution is -0.150. The van der Waals surface area contributed by atoms with Crippen LogP contribution in [0.5, 0.6) is 5.75 Å². The van der Waals surface area contributed by atoms with Crippen LogP contribution in [0.25, 0.3) is 0 Å². The molecule has 0 saturated heterocycles. The van der Waals surface area contributed by atoms with E-state index < -0.39 is 59.6 Å². The van der Waals surface area contributed by atoms with Crippen LogP contribution < -0.4 is 21.3 Å². The third-order valence-corrected chi connectivity index (χ3v) is 8.08. The lowest BCUT2D eigenvalue weighted by Crippen LogP contribution is -2.59. The summed E-state index contributed by atoms with van der Waals surface area (Å²) in [5.74, 6) is -2.84. The monoisotopic (exact) mass is 730 g/mol. The van der Waals surface area contributed by atoms with Crippen molar-refractivity contribution in [2.45, 2.75) is 104 Å². The lowest BCUT2D eigenvalue weighted by atomic mass is 9.99. The molecule has 0 aromatic heterocycles. The van der Waals surface area contributed by atoms with Crippen LogP contribution in [-0.2, 0) is 48.1 Å². The molecule has 12 heteroatoms. The molecular formula is C41H54N4O8. The van der Waals surface area contributed by atoms with Gasteiger partial charge >= 0.3 is 12.1 Å². The molecule has 0 bridgehead atoms. The van der Waals surface area contributed by atoms with E-state index >= 15 is 0 Å². The molecule has 286 valence electrons. The molecule has 0 radical (unpaired) electrons. The third kappa shape index (κ3) is 15.0. The third-order valence-electron chi connectivity index (χ3n) is 8.08. The summed E-state index contributed by atoms with van der Waals surface area (Å²) in [6.07, 6.45) is -0.417. The van der Waals surface area contributed by atoms with E-state index in [0.717, 1.165) is 11.1 Å². The number of amides is 4. The number of esters is 1. The molecule has 0 spiro atoms. The molecule has 3 aromatic carbocycles. The van der Waals surface area contributed by atoms with E-state index in [4.69, 9.17) is 9.47 Å². The minimum absolute atomic E-state index is 0.00388. The Kier molecular flexibility index (Phi) is 15.9. The van der Waals surface area contributed by atoms with Gasteiger partial charge in [0.2, 0.25) is 17.7 Å². The first-order chi connectivity index (χ1) is 25.0. The number of benzene rings is 3. The van der Waals surface area contributed by atoms with Gasteiger partial charge in [-0.05, 0) is 67.9 Å². The van der Waals surface area contributed by atoms with E-state index in [-0.39, 0.29) is 43.5 Å². The summed E-state index contributed by atoms with van der Waals surface area (Å²) in [5.41, 5.74) is 1.36. The molecular weight excluding hydrogens is 676 g/mol. The predicted molar refractivity (Wildman–Crippen MR) is 201 cm³/mol. The maximum atomic E-state index is 14.2. The second kappa shape index (κ2) is 20.0. The number of hydrogen-bond donors (Lipinski definition) is 5. The van der Waals surface area contributed by atoms with Crippen LogP contribution in [0, 0.1) is 11.8 Å². The average molecular weight is 731 g/mol. The van der Waals surface area contributed by atoms with Gasteiger partial charge in [-0.3, -0.25) is 14.4 Å². The molecule has 0 saturated carbocycles. The van der Waals surface area contributed by atoms with Crippen molar-refractivity contribution in [2.75, 3.05) is 0 Å². The van der Waals surface area contributed by atoms with Gasteiger partial charge in [-0.1, -0.05) is 100 Å². The number of nitrogens with one attached hydrogen (secondary N) is 4. The standard InChI is InChI=1S/C41H54N4O8/c1-26(2)22-32(44-40(51)53-41(5,6)7)36(47)42-33(23-28-14-10-8-11-15-28)37(48)43-34(24-29-18-20-31(46)21-19-29)38(49)45-35(27(3)4)39(50)52-25-30-16-12-9-13-17-30/h8-21,26-27,32-35,46H,22-25H2,1-7H3,(H,42,47)(H,43,48)(H,44,51)(H,45,49)/t32-,33-,34-,35-/m0/s1. The number of ether oxygens (including phenoxy) is 2. The average Bonchev–Trinajstić information content (AvgIpc) is 3.09. The fraction of sp³-hybridized carbons (Fsp3) is 0.439. The van der Waals surface area contributed by atoms with Crippen molar-refractivity contribution in [3.05, 3.63) is 102 Å². The van der Waals surface area contributed by atoms with Crippen LogP contribution in [0.15, 0.2) is 84.9 Å². The second-order valence-electron chi connectivity index (χ2n) is 14.8. The predicted octanol–water partition coefficient (Wildman–Crippen LogP) is 4.97. The van der Waals surface area contributed by atoms with E-state index in [1.54, 1.807) is 46.8 Å². The van der Waals surface area contributed by atoms with E-state index in [0.29, 0.717) is 5.56 Å². The zero-order chi connectivity index (χ0) is 39.1. The van der Waals surface area contributed by atoms with E-state index in [2.05, 4.69) is 21.3 Å². The lowest BCUT2D eigenvalue weighted by Gasteiger charge is -2.28. The van der Waals surface area contributed by atoms with Crippen molar-refractivity contribution in [3.8, 4) is 5.75 Å². The summed E-state index contributed by atoms with van der Waals surface area (Å²) in [6, 6.07) is 20.0. The molecule has 3 aromatic rings. The van der Waals surface area contributed by atoms with Gasteiger partial charge in [-0.25, -0.2) is 9.59 Å². The molecule has 0 aliphatic rings. The van der Waals surface area contributed by atoms with Gasteiger partial charge in [0.05, 0.1) is 0 Å². The van der Waals surface area contributed by atoms with Crippen molar-refractivity contribution >= 4 is 29.8 Å². The Morgan fingerprint density at radius 2 is 1.09 bits per heavy atom. The van der Waals surface area contributed by atoms with Gasteiger partial charge in [-0.15, -0.1) is 0 Å². The fourth-order valence-corrected chi connectivity index (χ4v) is 5.40. The van der Waals surface area contributed by atoms with Gasteiger partial charge < -0.3 is 35.8 Å².